The lowest BCUT2D eigenvalue weighted by Gasteiger charge is -2.02. The Bertz CT molecular complexity index is 262. The van der Waals surface area contributed by atoms with Crippen molar-refractivity contribution in [2.24, 2.45) is 0 Å². The van der Waals surface area contributed by atoms with Gasteiger partial charge in [-0.25, -0.2) is 0 Å². The summed E-state index contributed by atoms with van der Waals surface area (Å²) in [4.78, 5) is 8.01. The fourth-order valence-corrected chi connectivity index (χ4v) is 0.682. The van der Waals surface area contributed by atoms with Gasteiger partial charge in [-0.15, -0.1) is 0 Å². The van der Waals surface area contributed by atoms with E-state index in [0.717, 1.165) is 0 Å². The van der Waals surface area contributed by atoms with Gasteiger partial charge in [0.1, 0.15) is 12.4 Å². The predicted molar refractivity (Wildman–Crippen MR) is 47.3 cm³/mol. The Labute approximate surface area is 71.3 Å². The summed E-state index contributed by atoms with van der Waals surface area (Å²) in [5, 5.41) is 2.86. The number of anilines is 1. The first-order valence-electron chi connectivity index (χ1n) is 3.60. The lowest BCUT2D eigenvalue weighted by atomic mass is 10.6. The second kappa shape index (κ2) is 4.33. The number of hydrogen-bond donors (Lipinski definition) is 1. The van der Waals surface area contributed by atoms with E-state index in [1.54, 1.807) is 25.5 Å². The minimum atomic E-state index is 0.446. The van der Waals surface area contributed by atoms with Gasteiger partial charge in [-0.1, -0.05) is 12.7 Å². The molecule has 0 aliphatic rings. The minimum Gasteiger partial charge on any atom is -0.472 e. The molecule has 64 valence electrons. The molecule has 0 aromatic carbocycles. The van der Waals surface area contributed by atoms with Crippen LogP contribution in [0, 0.1) is 0 Å². The van der Waals surface area contributed by atoms with Crippen LogP contribution in [0.5, 0.6) is 5.88 Å². The first kappa shape index (κ1) is 8.52. The van der Waals surface area contributed by atoms with Crippen LogP contribution < -0.4 is 10.1 Å². The van der Waals surface area contributed by atoms with Gasteiger partial charge < -0.3 is 10.1 Å². The molecule has 0 spiro atoms. The van der Waals surface area contributed by atoms with E-state index < -0.39 is 0 Å². The Morgan fingerprint density at radius 2 is 2.50 bits per heavy atom. The Hall–Kier alpha value is -1.58. The molecular formula is C8H11N3O. The van der Waals surface area contributed by atoms with E-state index in [9.17, 15) is 0 Å². The molecular weight excluding hydrogens is 154 g/mol. The SMILES string of the molecule is C=CCOc1cncc(NC)n1. The molecule has 1 aromatic rings. The van der Waals surface area contributed by atoms with Crippen LogP contribution in [0.2, 0.25) is 0 Å². The maximum absolute atomic E-state index is 5.17. The molecule has 0 bridgehead atoms. The molecule has 4 nitrogen and oxygen atoms in total. The number of nitrogens with zero attached hydrogens (tertiary/aromatic N) is 2. The van der Waals surface area contributed by atoms with Crippen LogP contribution in [0.1, 0.15) is 0 Å². The first-order chi connectivity index (χ1) is 5.86. The molecule has 0 amide bonds. The predicted octanol–water partition coefficient (Wildman–Crippen LogP) is 1.08. The van der Waals surface area contributed by atoms with Gasteiger partial charge in [0.25, 0.3) is 0 Å². The second-order valence-electron chi connectivity index (χ2n) is 2.09. The molecule has 4 heteroatoms. The molecule has 1 aromatic heterocycles. The average molecular weight is 165 g/mol. The fourth-order valence-electron chi connectivity index (χ4n) is 0.682. The van der Waals surface area contributed by atoms with Crippen molar-refractivity contribution in [2.75, 3.05) is 19.0 Å². The molecule has 0 saturated carbocycles. The summed E-state index contributed by atoms with van der Waals surface area (Å²) in [6.45, 7) is 3.98. The summed E-state index contributed by atoms with van der Waals surface area (Å²) in [6.07, 6.45) is 4.85. The van der Waals surface area contributed by atoms with Gasteiger partial charge in [0.15, 0.2) is 0 Å². The number of hydrogen-bond acceptors (Lipinski definition) is 4. The zero-order valence-corrected chi connectivity index (χ0v) is 6.95. The lowest BCUT2D eigenvalue weighted by Crippen LogP contribution is -1.99. The van der Waals surface area contributed by atoms with Crippen molar-refractivity contribution in [1.29, 1.82) is 0 Å². The molecule has 0 fully saturated rings. The zero-order valence-electron chi connectivity index (χ0n) is 6.95. The summed E-state index contributed by atoms with van der Waals surface area (Å²) in [5.41, 5.74) is 0. The van der Waals surface area contributed by atoms with Crippen molar-refractivity contribution >= 4 is 5.82 Å². The van der Waals surface area contributed by atoms with Crippen molar-refractivity contribution < 1.29 is 4.74 Å². The molecule has 12 heavy (non-hydrogen) atoms. The van der Waals surface area contributed by atoms with Crippen molar-refractivity contribution in [3.05, 3.63) is 25.0 Å². The Kier molecular flexibility index (Phi) is 3.07. The smallest absolute Gasteiger partial charge is 0.234 e. The molecule has 0 saturated heterocycles. The van der Waals surface area contributed by atoms with Crippen LogP contribution in [-0.2, 0) is 0 Å². The summed E-state index contributed by atoms with van der Waals surface area (Å²) in [5.74, 6) is 1.19. The normalized spacial score (nSPS) is 9.08. The van der Waals surface area contributed by atoms with E-state index in [1.165, 1.54) is 0 Å². The summed E-state index contributed by atoms with van der Waals surface area (Å²) < 4.78 is 5.17. The highest BCUT2D eigenvalue weighted by Gasteiger charge is 1.95. The molecule has 0 atom stereocenters. The molecule has 0 radical (unpaired) electrons. The van der Waals surface area contributed by atoms with Gasteiger partial charge in [-0.2, -0.15) is 4.98 Å². The van der Waals surface area contributed by atoms with Crippen molar-refractivity contribution in [2.45, 2.75) is 0 Å². The standard InChI is InChI=1S/C8H11N3O/c1-3-4-12-8-6-10-5-7(9-2)11-8/h3,5-6H,1,4H2,2H3,(H,9,11). The van der Waals surface area contributed by atoms with Crippen molar-refractivity contribution in [1.82, 2.24) is 9.97 Å². The third-order valence-corrected chi connectivity index (χ3v) is 1.22. The number of rotatable bonds is 4. The summed E-state index contributed by atoms with van der Waals surface area (Å²) in [7, 11) is 1.78. The van der Waals surface area contributed by atoms with E-state index in [2.05, 4.69) is 21.9 Å². The van der Waals surface area contributed by atoms with Gasteiger partial charge in [0.05, 0.1) is 12.4 Å². The molecule has 0 aliphatic heterocycles. The van der Waals surface area contributed by atoms with Crippen LogP contribution in [0.15, 0.2) is 25.0 Å². The third kappa shape index (κ3) is 2.23. The lowest BCUT2D eigenvalue weighted by molar-refractivity contribution is 0.347. The van der Waals surface area contributed by atoms with E-state index >= 15 is 0 Å². The topological polar surface area (TPSA) is 47.0 Å². The molecule has 1 N–H and O–H groups in total. The van der Waals surface area contributed by atoms with Crippen molar-refractivity contribution in [3.8, 4) is 5.88 Å². The van der Waals surface area contributed by atoms with E-state index in [-0.39, 0.29) is 0 Å². The second-order valence-corrected chi connectivity index (χ2v) is 2.09. The largest absolute Gasteiger partial charge is 0.472 e. The van der Waals surface area contributed by atoms with E-state index in [4.69, 9.17) is 4.74 Å². The Balaban J connectivity index is 2.65. The van der Waals surface area contributed by atoms with Gasteiger partial charge >= 0.3 is 0 Å². The van der Waals surface area contributed by atoms with Crippen LogP contribution in [0.4, 0.5) is 5.82 Å². The molecule has 1 heterocycles. The number of aromatic nitrogens is 2. The Morgan fingerprint density at radius 3 is 3.17 bits per heavy atom. The molecule has 0 aliphatic carbocycles. The van der Waals surface area contributed by atoms with Gasteiger partial charge in [0.2, 0.25) is 5.88 Å². The maximum Gasteiger partial charge on any atom is 0.234 e. The highest BCUT2D eigenvalue weighted by molar-refractivity contribution is 5.31. The van der Waals surface area contributed by atoms with Gasteiger partial charge in [-0.3, -0.25) is 4.98 Å². The van der Waals surface area contributed by atoms with Gasteiger partial charge in [-0.05, 0) is 0 Å². The third-order valence-electron chi connectivity index (χ3n) is 1.22. The van der Waals surface area contributed by atoms with Crippen molar-refractivity contribution in [3.63, 3.8) is 0 Å². The molecule has 1 rings (SSSR count). The summed E-state index contributed by atoms with van der Waals surface area (Å²) in [6, 6.07) is 0. The molecule has 0 unspecified atom stereocenters. The number of nitrogens with one attached hydrogen (secondary N) is 1. The quantitative estimate of drug-likeness (QED) is 0.678. The van der Waals surface area contributed by atoms with Crippen LogP contribution in [0.3, 0.4) is 0 Å². The summed E-state index contributed by atoms with van der Waals surface area (Å²) >= 11 is 0. The van der Waals surface area contributed by atoms with Crippen LogP contribution in [-0.4, -0.2) is 23.6 Å². The zero-order chi connectivity index (χ0) is 8.81. The highest BCUT2D eigenvalue weighted by Crippen LogP contribution is 2.07. The fraction of sp³-hybridized carbons (Fsp3) is 0.250. The highest BCUT2D eigenvalue weighted by atomic mass is 16.5. The van der Waals surface area contributed by atoms with E-state index in [0.29, 0.717) is 18.3 Å². The monoisotopic (exact) mass is 165 g/mol. The number of ether oxygens (including phenoxy) is 1. The Morgan fingerprint density at radius 1 is 1.67 bits per heavy atom. The minimum absolute atomic E-state index is 0.446. The van der Waals surface area contributed by atoms with Crippen LogP contribution in [0.25, 0.3) is 0 Å². The van der Waals surface area contributed by atoms with E-state index in [1.807, 2.05) is 0 Å². The maximum atomic E-state index is 5.17. The average Bonchev–Trinajstić information content (AvgIpc) is 2.15. The van der Waals surface area contributed by atoms with Gasteiger partial charge in [0, 0.05) is 7.05 Å². The first-order valence-corrected chi connectivity index (χ1v) is 3.60. The van der Waals surface area contributed by atoms with Crippen LogP contribution >= 0.6 is 0 Å².